The summed E-state index contributed by atoms with van der Waals surface area (Å²) in [6.07, 6.45) is 7.66. The van der Waals surface area contributed by atoms with Crippen molar-refractivity contribution in [1.82, 2.24) is 4.98 Å². The Morgan fingerprint density at radius 1 is 0.681 bits per heavy atom. The van der Waals surface area contributed by atoms with E-state index in [0.717, 1.165) is 30.0 Å². The van der Waals surface area contributed by atoms with E-state index in [1.165, 1.54) is 71.6 Å². The van der Waals surface area contributed by atoms with Gasteiger partial charge in [0.05, 0.1) is 17.1 Å². The summed E-state index contributed by atoms with van der Waals surface area (Å²) >= 11 is 0. The van der Waals surface area contributed by atoms with Crippen LogP contribution in [0.5, 0.6) is 0 Å². The summed E-state index contributed by atoms with van der Waals surface area (Å²) in [5.74, 6) is 0.213. The number of aromatic nitrogens is 1. The van der Waals surface area contributed by atoms with E-state index in [4.69, 9.17) is 4.98 Å². The van der Waals surface area contributed by atoms with Gasteiger partial charge in [-0.1, -0.05) is 113 Å². The molecule has 3 atom stereocenters. The summed E-state index contributed by atoms with van der Waals surface area (Å²) in [5.41, 5.74) is 14.2. The van der Waals surface area contributed by atoms with E-state index in [-0.39, 0.29) is 12.0 Å². The molecule has 5 aromatic carbocycles. The highest BCUT2D eigenvalue weighted by Crippen LogP contribution is 2.44. The third-order valence-electron chi connectivity index (χ3n) is 9.93. The van der Waals surface area contributed by atoms with Gasteiger partial charge in [0.15, 0.2) is 0 Å². The van der Waals surface area contributed by atoms with Crippen LogP contribution in [0.15, 0.2) is 132 Å². The van der Waals surface area contributed by atoms with Crippen molar-refractivity contribution in [2.75, 3.05) is 5.32 Å². The molecule has 3 unspecified atom stereocenters. The van der Waals surface area contributed by atoms with Gasteiger partial charge >= 0.3 is 0 Å². The minimum absolute atomic E-state index is 0.186. The van der Waals surface area contributed by atoms with Crippen molar-refractivity contribution in [1.29, 1.82) is 0 Å². The molecule has 232 valence electrons. The van der Waals surface area contributed by atoms with Crippen LogP contribution in [0.3, 0.4) is 0 Å². The third kappa shape index (κ3) is 5.81. The average Bonchev–Trinajstić information content (AvgIpc) is 3.07. The summed E-state index contributed by atoms with van der Waals surface area (Å²) in [4.78, 5) is 5.62. The molecule has 2 heterocycles. The van der Waals surface area contributed by atoms with Gasteiger partial charge in [0, 0.05) is 33.8 Å². The molecule has 47 heavy (non-hydrogen) atoms. The summed E-state index contributed by atoms with van der Waals surface area (Å²) in [5, 5.41) is 9.44. The lowest BCUT2D eigenvalue weighted by Gasteiger charge is -2.34. The van der Waals surface area contributed by atoms with Gasteiger partial charge in [-0.2, -0.15) is 0 Å². The topological polar surface area (TPSA) is 24.9 Å². The zero-order chi connectivity index (χ0) is 32.1. The molecule has 3 heteroatoms. The van der Waals surface area contributed by atoms with Gasteiger partial charge in [-0.25, -0.2) is 4.98 Å². The van der Waals surface area contributed by atoms with Gasteiger partial charge in [0.25, 0.3) is 0 Å². The molecule has 0 saturated heterocycles. The first kappa shape index (κ1) is 29.9. The lowest BCUT2D eigenvalue weighted by molar-refractivity contribution is 0.683. The molecule has 0 amide bonds. The third-order valence-corrected chi connectivity index (χ3v) is 12.5. The van der Waals surface area contributed by atoms with Crippen molar-refractivity contribution < 1.29 is 0 Å². The number of rotatable bonds is 2. The molecule has 0 spiro atoms. The molecular weight excluding hydrogens is 587 g/mol. The molecule has 0 saturated carbocycles. The molecule has 1 aromatic heterocycles. The van der Waals surface area contributed by atoms with E-state index in [2.05, 4.69) is 154 Å². The van der Waals surface area contributed by atoms with E-state index < -0.39 is 7.92 Å². The van der Waals surface area contributed by atoms with Gasteiger partial charge in [-0.15, -0.1) is 0 Å². The second-order valence-corrected chi connectivity index (χ2v) is 15.8. The monoisotopic (exact) mass is 628 g/mol. The van der Waals surface area contributed by atoms with E-state index in [1.807, 2.05) is 0 Å². The van der Waals surface area contributed by atoms with Gasteiger partial charge in [-0.3, -0.25) is 0 Å². The van der Waals surface area contributed by atoms with Gasteiger partial charge in [0.2, 0.25) is 0 Å². The molecule has 2 bridgehead atoms. The first-order valence-electron chi connectivity index (χ1n) is 16.9. The van der Waals surface area contributed by atoms with Crippen LogP contribution in [0.4, 0.5) is 5.69 Å². The quantitative estimate of drug-likeness (QED) is 0.152. The van der Waals surface area contributed by atoms with Crippen LogP contribution in [0.2, 0.25) is 0 Å². The maximum absolute atomic E-state index is 5.62. The lowest BCUT2D eigenvalue weighted by Crippen LogP contribution is -2.31. The number of anilines is 1. The molecule has 0 radical (unpaired) electrons. The van der Waals surface area contributed by atoms with Crippen LogP contribution in [0.1, 0.15) is 52.6 Å². The Labute approximate surface area is 280 Å². The highest BCUT2D eigenvalue weighted by Gasteiger charge is 2.29. The number of nitrogens with zero attached hydrogens (tertiary/aromatic N) is 1. The van der Waals surface area contributed by atoms with Crippen molar-refractivity contribution in [3.63, 3.8) is 0 Å². The Morgan fingerprint density at radius 2 is 1.36 bits per heavy atom. The number of hydrogen-bond acceptors (Lipinski definition) is 2. The fraction of sp³-hybridized carbons (Fsp3) is 0.205. The van der Waals surface area contributed by atoms with Crippen LogP contribution in [0.25, 0.3) is 21.8 Å². The van der Waals surface area contributed by atoms with Gasteiger partial charge in [0.1, 0.15) is 0 Å². The van der Waals surface area contributed by atoms with E-state index in [9.17, 15) is 0 Å². The van der Waals surface area contributed by atoms with Gasteiger partial charge in [-0.05, 0) is 106 Å². The number of pyridine rings is 1. The summed E-state index contributed by atoms with van der Waals surface area (Å²) in [7, 11) is -0.730. The van der Waals surface area contributed by atoms with Crippen LogP contribution >= 0.6 is 7.92 Å². The largest absolute Gasteiger partial charge is 0.378 e. The smallest absolute Gasteiger partial charge is 0.0745 e. The highest BCUT2D eigenvalue weighted by atomic mass is 31.1. The molecule has 1 aliphatic carbocycles. The normalized spacial score (nSPS) is 19.4. The molecule has 2 aliphatic rings. The Hall–Kier alpha value is -4.52. The van der Waals surface area contributed by atoms with Crippen molar-refractivity contribution in [2.45, 2.75) is 58.7 Å². The van der Waals surface area contributed by atoms with E-state index >= 15 is 0 Å². The maximum Gasteiger partial charge on any atom is 0.0745 e. The molecule has 0 fully saturated rings. The SMILES string of the molecule is CC1=CCC2Nc3ccc(C)cc3P(c3ccccc3)Cc3cc(C)cc4cc5cc(C)cc(c5nc34)CC(c3ccccc3)C2=C1. The number of benzene rings is 5. The summed E-state index contributed by atoms with van der Waals surface area (Å²) in [6, 6.07) is 41.4. The van der Waals surface area contributed by atoms with Crippen LogP contribution < -0.4 is 15.9 Å². The van der Waals surface area contributed by atoms with Crippen molar-refractivity contribution >= 4 is 46.0 Å². The van der Waals surface area contributed by atoms with Crippen LogP contribution in [0, 0.1) is 20.8 Å². The van der Waals surface area contributed by atoms with Gasteiger partial charge < -0.3 is 5.32 Å². The van der Waals surface area contributed by atoms with Crippen molar-refractivity contribution in [3.8, 4) is 0 Å². The minimum Gasteiger partial charge on any atom is -0.378 e. The number of nitrogens with one attached hydrogen (secondary N) is 1. The lowest BCUT2D eigenvalue weighted by atomic mass is 9.78. The van der Waals surface area contributed by atoms with Crippen molar-refractivity contribution in [2.24, 2.45) is 0 Å². The molecule has 1 aliphatic heterocycles. The highest BCUT2D eigenvalue weighted by molar-refractivity contribution is 7.72. The fourth-order valence-electron chi connectivity index (χ4n) is 7.77. The maximum atomic E-state index is 5.62. The van der Waals surface area contributed by atoms with Crippen LogP contribution in [-0.4, -0.2) is 11.0 Å². The first-order valence-corrected chi connectivity index (χ1v) is 18.4. The zero-order valence-electron chi connectivity index (χ0n) is 27.7. The standard InChI is InChI=1S/C44H41N2P/c1-28-15-17-40-39(23-28)38(32-11-7-5-8-12-32)26-35-21-30(3)19-33-25-34-20-31(4)22-36(44(34)46-43(33)35)27-47(37-13-9-6-10-14-37)42-24-29(2)16-18-41(42)45-40/h5-16,18-25,38,40,45H,17,26-27H2,1-4H3. The van der Waals surface area contributed by atoms with Crippen LogP contribution in [-0.2, 0) is 12.6 Å². The number of allylic oxidation sites excluding steroid dienone is 2. The Morgan fingerprint density at radius 3 is 2.11 bits per heavy atom. The number of hydrogen-bond donors (Lipinski definition) is 1. The Bertz CT molecular complexity index is 2200. The summed E-state index contributed by atoms with van der Waals surface area (Å²) < 4.78 is 0. The fourth-order valence-corrected chi connectivity index (χ4v) is 10.3. The Balaban J connectivity index is 1.45. The Kier molecular flexibility index (Phi) is 7.78. The van der Waals surface area contributed by atoms with Crippen molar-refractivity contribution in [3.05, 3.63) is 166 Å². The zero-order valence-corrected chi connectivity index (χ0v) is 28.6. The number of aryl methyl sites for hydroxylation is 3. The number of fused-ring (bicyclic) bond motifs is 2. The predicted octanol–water partition coefficient (Wildman–Crippen LogP) is 10.3. The minimum atomic E-state index is -0.730. The second kappa shape index (κ2) is 12.3. The molecule has 2 nitrogen and oxygen atoms in total. The molecule has 8 rings (SSSR count). The first-order chi connectivity index (χ1) is 22.9. The summed E-state index contributed by atoms with van der Waals surface area (Å²) in [6.45, 7) is 8.94. The molecule has 1 N–H and O–H groups in total. The molecular formula is C44H41N2P. The van der Waals surface area contributed by atoms with E-state index in [0.29, 0.717) is 0 Å². The average molecular weight is 629 g/mol. The van der Waals surface area contributed by atoms with E-state index in [1.54, 1.807) is 0 Å². The predicted molar refractivity (Wildman–Crippen MR) is 203 cm³/mol. The molecule has 6 aromatic rings. The second-order valence-electron chi connectivity index (χ2n) is 13.6.